The van der Waals surface area contributed by atoms with Crippen LogP contribution in [0.25, 0.3) is 10.9 Å². The summed E-state index contributed by atoms with van der Waals surface area (Å²) in [5, 5.41) is 7.18. The fourth-order valence-electron chi connectivity index (χ4n) is 5.94. The lowest BCUT2D eigenvalue weighted by Gasteiger charge is -2.39. The molecule has 2 N–H and O–H groups in total. The number of rotatable bonds is 9. The van der Waals surface area contributed by atoms with Crippen LogP contribution in [0.5, 0.6) is 5.75 Å². The zero-order valence-electron chi connectivity index (χ0n) is 24.4. The van der Waals surface area contributed by atoms with Crippen LogP contribution in [0.4, 0.5) is 28.9 Å². The maximum Gasteiger partial charge on any atom is 0.406 e. The van der Waals surface area contributed by atoms with Crippen molar-refractivity contribution in [1.29, 1.82) is 0 Å². The van der Waals surface area contributed by atoms with Crippen molar-refractivity contribution in [2.24, 2.45) is 0 Å². The number of hydrogen-bond acceptors (Lipinski definition) is 7. The van der Waals surface area contributed by atoms with E-state index in [1.165, 1.54) is 22.8 Å². The lowest BCUT2D eigenvalue weighted by atomic mass is 9.89. The summed E-state index contributed by atoms with van der Waals surface area (Å²) in [6.07, 6.45) is 0.627. The Balaban J connectivity index is 1.33. The second-order valence-electron chi connectivity index (χ2n) is 11.1. The molecule has 8 nitrogen and oxygen atoms in total. The number of aromatic nitrogens is 1. The highest BCUT2D eigenvalue weighted by Crippen LogP contribution is 2.33. The normalized spacial score (nSPS) is 19.8. The van der Waals surface area contributed by atoms with Gasteiger partial charge in [-0.3, -0.25) is 4.90 Å². The molecule has 1 saturated heterocycles. The van der Waals surface area contributed by atoms with E-state index in [0.29, 0.717) is 22.6 Å². The van der Waals surface area contributed by atoms with E-state index < -0.39 is 29.4 Å². The van der Waals surface area contributed by atoms with Gasteiger partial charge in [-0.05, 0) is 61.9 Å². The fraction of sp³-hybridized carbons (Fsp3) is 0.484. The third kappa shape index (κ3) is 7.97. The molecule has 2 aliphatic rings. The van der Waals surface area contributed by atoms with Gasteiger partial charge in [0.25, 0.3) is 0 Å². The van der Waals surface area contributed by atoms with Crippen LogP contribution >= 0.6 is 0 Å². The minimum Gasteiger partial charge on any atom is -0.461 e. The molecule has 2 aromatic carbocycles. The molecular weight excluding hydrogens is 600 g/mol. The summed E-state index contributed by atoms with van der Waals surface area (Å²) in [7, 11) is -3.54. The van der Waals surface area contributed by atoms with Crippen LogP contribution in [0.2, 0.25) is 0 Å². The lowest BCUT2D eigenvalue weighted by molar-refractivity contribution is -0.140. The van der Waals surface area contributed by atoms with Crippen molar-refractivity contribution in [3.63, 3.8) is 0 Å². The average Bonchev–Trinajstić information content (AvgIpc) is 3.33. The van der Waals surface area contributed by atoms with Crippen LogP contribution in [-0.2, 0) is 21.1 Å². The minimum absolute atomic E-state index is 0.00803. The van der Waals surface area contributed by atoms with Crippen molar-refractivity contribution in [2.45, 2.75) is 55.4 Å². The molecule has 0 bridgehead atoms. The molecule has 2 heterocycles. The highest BCUT2D eigenvalue weighted by molar-refractivity contribution is 7.90. The van der Waals surface area contributed by atoms with Crippen molar-refractivity contribution < 1.29 is 35.5 Å². The lowest BCUT2D eigenvalue weighted by Crippen LogP contribution is -2.46. The van der Waals surface area contributed by atoms with Gasteiger partial charge in [-0.2, -0.15) is 13.2 Å². The van der Waals surface area contributed by atoms with Gasteiger partial charge in [-0.15, -0.1) is 0 Å². The molecule has 1 saturated carbocycles. The number of nitrogens with zero attached hydrogens (tertiary/aromatic N) is 2. The standard InChI is InChI=1S/C31H36F4N4O4S/c1-44(40,41)25-11-12-28(30(19-25)43-21-32)36-13-3-4-24-18-26-27(5-2-6-29(26)39(24)20-31(33,34)35)37-22-7-9-23(10-8-22)38-14-16-42-17-15-38/h2,5-6,11-12,18-19,22-23,36-37H,7-10,13-17,20-21H2,1H3. The Labute approximate surface area is 254 Å². The summed E-state index contributed by atoms with van der Waals surface area (Å²) >= 11 is 0. The first-order valence-electron chi connectivity index (χ1n) is 14.5. The third-order valence-electron chi connectivity index (χ3n) is 8.08. The number of hydrogen-bond donors (Lipinski definition) is 2. The molecule has 5 rings (SSSR count). The first-order chi connectivity index (χ1) is 21.0. The van der Waals surface area contributed by atoms with Crippen molar-refractivity contribution in [2.75, 3.05) is 56.6 Å². The van der Waals surface area contributed by atoms with E-state index in [1.54, 1.807) is 18.2 Å². The first-order valence-corrected chi connectivity index (χ1v) is 16.4. The summed E-state index contributed by atoms with van der Waals surface area (Å²) in [4.78, 5) is 2.46. The van der Waals surface area contributed by atoms with E-state index in [-0.39, 0.29) is 28.9 Å². The molecular formula is C31H36F4N4O4S. The van der Waals surface area contributed by atoms with E-state index in [4.69, 9.17) is 9.47 Å². The summed E-state index contributed by atoms with van der Waals surface area (Å²) < 4.78 is 89.1. The van der Waals surface area contributed by atoms with Crippen LogP contribution in [0.15, 0.2) is 47.4 Å². The van der Waals surface area contributed by atoms with Crippen LogP contribution in [0, 0.1) is 11.8 Å². The molecule has 0 radical (unpaired) electrons. The van der Waals surface area contributed by atoms with Crippen molar-refractivity contribution in [1.82, 2.24) is 9.47 Å². The Kier molecular flexibility index (Phi) is 9.92. The molecule has 1 aliphatic carbocycles. The number of nitrogens with one attached hydrogen (secondary N) is 2. The molecule has 0 amide bonds. The van der Waals surface area contributed by atoms with Gasteiger partial charge in [-0.1, -0.05) is 12.0 Å². The van der Waals surface area contributed by atoms with Crippen molar-refractivity contribution in [3.05, 3.63) is 48.2 Å². The van der Waals surface area contributed by atoms with E-state index in [0.717, 1.165) is 63.9 Å². The molecule has 2 fully saturated rings. The summed E-state index contributed by atoms with van der Waals surface area (Å²) in [5.41, 5.74) is 1.71. The predicted octanol–water partition coefficient (Wildman–Crippen LogP) is 5.43. The topological polar surface area (TPSA) is 84.8 Å². The second-order valence-corrected chi connectivity index (χ2v) is 13.1. The molecule has 238 valence electrons. The van der Waals surface area contributed by atoms with Crippen LogP contribution in [0.1, 0.15) is 31.4 Å². The Morgan fingerprint density at radius 3 is 2.48 bits per heavy atom. The second kappa shape index (κ2) is 13.7. The minimum atomic E-state index is -4.46. The number of alkyl halides is 4. The van der Waals surface area contributed by atoms with Crippen molar-refractivity contribution in [3.8, 4) is 17.6 Å². The van der Waals surface area contributed by atoms with Crippen molar-refractivity contribution >= 4 is 32.1 Å². The zero-order chi connectivity index (χ0) is 31.3. The van der Waals surface area contributed by atoms with Gasteiger partial charge in [0.05, 0.1) is 41.6 Å². The largest absolute Gasteiger partial charge is 0.461 e. The SMILES string of the molecule is CS(=O)(=O)c1ccc(NCC#Cc2cc3c(NC4CCC(N5CCOCC5)CC4)cccc3n2CC(F)(F)F)c(OCF)c1. The first kappa shape index (κ1) is 31.9. The Bertz CT molecular complexity index is 1620. The molecule has 1 aliphatic heterocycles. The van der Waals surface area contributed by atoms with E-state index in [2.05, 4.69) is 27.4 Å². The Morgan fingerprint density at radius 2 is 1.80 bits per heavy atom. The number of morpholine rings is 1. The zero-order valence-corrected chi connectivity index (χ0v) is 25.2. The number of halogens is 4. The van der Waals surface area contributed by atoms with Gasteiger partial charge in [0.15, 0.2) is 9.84 Å². The van der Waals surface area contributed by atoms with Crippen LogP contribution < -0.4 is 15.4 Å². The van der Waals surface area contributed by atoms with E-state index in [1.807, 2.05) is 6.07 Å². The summed E-state index contributed by atoms with van der Waals surface area (Å²) in [5.74, 6) is 5.67. The van der Waals surface area contributed by atoms with Gasteiger partial charge in [0.2, 0.25) is 6.86 Å². The molecule has 1 aromatic heterocycles. The quantitative estimate of drug-likeness (QED) is 0.239. The predicted molar refractivity (Wildman–Crippen MR) is 162 cm³/mol. The molecule has 3 aromatic rings. The molecule has 0 spiro atoms. The monoisotopic (exact) mass is 636 g/mol. The van der Waals surface area contributed by atoms with Gasteiger partial charge in [-0.25, -0.2) is 12.8 Å². The maximum atomic E-state index is 13.6. The molecule has 44 heavy (non-hydrogen) atoms. The van der Waals surface area contributed by atoms with Gasteiger partial charge in [0, 0.05) is 48.6 Å². The molecule has 0 unspecified atom stereocenters. The maximum absolute atomic E-state index is 13.6. The molecule has 13 heteroatoms. The van der Waals surface area contributed by atoms with E-state index >= 15 is 0 Å². The fourth-order valence-corrected chi connectivity index (χ4v) is 6.58. The number of benzene rings is 2. The Morgan fingerprint density at radius 1 is 1.05 bits per heavy atom. The molecule has 0 atom stereocenters. The Hall–Kier alpha value is -3.47. The van der Waals surface area contributed by atoms with Crippen LogP contribution in [0.3, 0.4) is 0 Å². The summed E-state index contributed by atoms with van der Waals surface area (Å²) in [6, 6.07) is 11.7. The van der Waals surface area contributed by atoms with Gasteiger partial charge < -0.3 is 24.7 Å². The van der Waals surface area contributed by atoms with E-state index in [9.17, 15) is 26.0 Å². The number of sulfone groups is 1. The smallest absolute Gasteiger partial charge is 0.406 e. The summed E-state index contributed by atoms with van der Waals surface area (Å²) in [6.45, 7) is 1.07. The highest BCUT2D eigenvalue weighted by Gasteiger charge is 2.31. The number of fused-ring (bicyclic) bond motifs is 1. The average molecular weight is 637 g/mol. The number of anilines is 2. The number of ether oxygens (including phenoxy) is 2. The van der Waals surface area contributed by atoms with Gasteiger partial charge >= 0.3 is 6.18 Å². The van der Waals surface area contributed by atoms with Gasteiger partial charge in [0.1, 0.15) is 12.3 Å². The third-order valence-corrected chi connectivity index (χ3v) is 9.19. The van der Waals surface area contributed by atoms with Crippen LogP contribution in [-0.4, -0.2) is 82.1 Å². The highest BCUT2D eigenvalue weighted by atomic mass is 32.2.